The van der Waals surface area contributed by atoms with Crippen LogP contribution in [-0.2, 0) is 52.2 Å². The van der Waals surface area contributed by atoms with Crippen LogP contribution in [0.2, 0.25) is 0 Å². The minimum Gasteiger partial charge on any atom is -0.465 e. The standard InChI is InChI=1S/C40H72O11/c1-8-11-12-13-14-15-16-17-18-19-20-21-22-23-24-25-26-45-30(27-31(36(41)43-9-2)37(42)44-10-3)28-46-38-35-34(50-40(6,7)51-35)33(48-38)32-29-47-39(4,5)49-32/h30-35,38H,8-29H2,1-7H3/t30-,32-,33-,34+,35+,38-/m1/s1. The van der Waals surface area contributed by atoms with Gasteiger partial charge in [0.25, 0.3) is 0 Å². The maximum atomic E-state index is 12.8. The molecule has 0 spiro atoms. The van der Waals surface area contributed by atoms with E-state index in [-0.39, 0.29) is 32.3 Å². The Morgan fingerprint density at radius 1 is 0.647 bits per heavy atom. The van der Waals surface area contributed by atoms with Crippen molar-refractivity contribution in [3.8, 4) is 0 Å². The molecule has 0 aliphatic carbocycles. The van der Waals surface area contributed by atoms with Crippen LogP contribution in [0.3, 0.4) is 0 Å². The summed E-state index contributed by atoms with van der Waals surface area (Å²) in [5, 5.41) is 0. The molecule has 0 aromatic carbocycles. The zero-order valence-corrected chi connectivity index (χ0v) is 33.1. The van der Waals surface area contributed by atoms with Crippen LogP contribution < -0.4 is 0 Å². The number of hydrogen-bond donors (Lipinski definition) is 0. The first-order valence-corrected chi connectivity index (χ1v) is 20.4. The molecule has 0 aromatic heterocycles. The molecule has 0 unspecified atom stereocenters. The Hall–Kier alpha value is -1.34. The molecule has 3 aliphatic rings. The zero-order chi connectivity index (χ0) is 37.1. The first-order chi connectivity index (χ1) is 24.5. The van der Waals surface area contributed by atoms with Crippen molar-refractivity contribution in [2.24, 2.45) is 5.92 Å². The minimum absolute atomic E-state index is 0.0668. The summed E-state index contributed by atoms with van der Waals surface area (Å²) in [4.78, 5) is 25.7. The van der Waals surface area contributed by atoms with Crippen LogP contribution in [0.4, 0.5) is 0 Å². The van der Waals surface area contributed by atoms with Crippen molar-refractivity contribution in [3.63, 3.8) is 0 Å². The number of carbonyl (C=O) groups excluding carboxylic acids is 2. The average Bonchev–Trinajstić information content (AvgIpc) is 3.72. The van der Waals surface area contributed by atoms with Crippen molar-refractivity contribution < 1.29 is 52.2 Å². The number of unbranched alkanes of at least 4 members (excludes halogenated alkanes) is 15. The number of ether oxygens (including phenoxy) is 9. The Labute approximate surface area is 308 Å². The van der Waals surface area contributed by atoms with Gasteiger partial charge in [0.15, 0.2) is 23.8 Å². The molecule has 3 aliphatic heterocycles. The second-order valence-electron chi connectivity index (χ2n) is 15.3. The van der Waals surface area contributed by atoms with E-state index in [4.69, 9.17) is 42.6 Å². The largest absolute Gasteiger partial charge is 0.465 e. The number of rotatable bonds is 28. The van der Waals surface area contributed by atoms with Crippen molar-refractivity contribution in [3.05, 3.63) is 0 Å². The Morgan fingerprint density at radius 3 is 1.65 bits per heavy atom. The third-order valence-corrected chi connectivity index (χ3v) is 9.88. The molecule has 51 heavy (non-hydrogen) atoms. The molecule has 3 heterocycles. The molecule has 11 heteroatoms. The van der Waals surface area contributed by atoms with Crippen LogP contribution in [0.1, 0.15) is 158 Å². The molecule has 0 amide bonds. The molecule has 0 radical (unpaired) electrons. The molecule has 0 bridgehead atoms. The van der Waals surface area contributed by atoms with Gasteiger partial charge in [-0.15, -0.1) is 0 Å². The Morgan fingerprint density at radius 2 is 1.16 bits per heavy atom. The summed E-state index contributed by atoms with van der Waals surface area (Å²) in [5.41, 5.74) is 0. The summed E-state index contributed by atoms with van der Waals surface area (Å²) in [5.74, 6) is -3.92. The molecule has 6 atom stereocenters. The smallest absolute Gasteiger partial charge is 0.320 e. The molecule has 0 N–H and O–H groups in total. The van der Waals surface area contributed by atoms with Gasteiger partial charge in [-0.2, -0.15) is 0 Å². The first kappa shape index (κ1) is 44.1. The van der Waals surface area contributed by atoms with Crippen molar-refractivity contribution in [2.45, 2.75) is 206 Å². The van der Waals surface area contributed by atoms with Gasteiger partial charge in [0, 0.05) is 6.61 Å². The molecule has 0 saturated carbocycles. The van der Waals surface area contributed by atoms with Gasteiger partial charge in [-0.25, -0.2) is 0 Å². The van der Waals surface area contributed by atoms with Gasteiger partial charge in [0.1, 0.15) is 24.4 Å². The molecule has 3 rings (SSSR count). The molecule has 3 fully saturated rings. The Balaban J connectivity index is 1.45. The normalized spacial score (nSPS) is 25.7. The second kappa shape index (κ2) is 23.4. The molecule has 298 valence electrons. The average molecular weight is 729 g/mol. The maximum Gasteiger partial charge on any atom is 0.320 e. The van der Waals surface area contributed by atoms with E-state index in [1.807, 2.05) is 27.7 Å². The summed E-state index contributed by atoms with van der Waals surface area (Å²) in [6.45, 7) is 14.4. The second-order valence-corrected chi connectivity index (χ2v) is 15.3. The summed E-state index contributed by atoms with van der Waals surface area (Å²) in [6, 6.07) is 0. The summed E-state index contributed by atoms with van der Waals surface area (Å²) >= 11 is 0. The zero-order valence-electron chi connectivity index (χ0n) is 33.1. The van der Waals surface area contributed by atoms with Crippen LogP contribution in [0, 0.1) is 5.92 Å². The number of carbonyl (C=O) groups is 2. The summed E-state index contributed by atoms with van der Waals surface area (Å²) < 4.78 is 53.8. The van der Waals surface area contributed by atoms with Gasteiger partial charge in [-0.05, 0) is 54.4 Å². The van der Waals surface area contributed by atoms with E-state index < -0.39 is 60.1 Å². The van der Waals surface area contributed by atoms with Crippen LogP contribution in [-0.4, -0.2) is 93.4 Å². The lowest BCUT2D eigenvalue weighted by atomic mass is 10.0. The fourth-order valence-electron chi connectivity index (χ4n) is 7.23. The van der Waals surface area contributed by atoms with Crippen molar-refractivity contribution in [1.29, 1.82) is 0 Å². The fourth-order valence-corrected chi connectivity index (χ4v) is 7.23. The van der Waals surface area contributed by atoms with E-state index in [0.29, 0.717) is 13.2 Å². The Bertz CT molecular complexity index is 954. The van der Waals surface area contributed by atoms with E-state index in [1.54, 1.807) is 13.8 Å². The van der Waals surface area contributed by atoms with Gasteiger partial charge in [-0.1, -0.05) is 103 Å². The summed E-state index contributed by atoms with van der Waals surface area (Å²) in [6.07, 6.45) is 17.7. The highest BCUT2D eigenvalue weighted by Crippen LogP contribution is 2.42. The highest BCUT2D eigenvalue weighted by molar-refractivity contribution is 5.94. The number of fused-ring (bicyclic) bond motifs is 1. The van der Waals surface area contributed by atoms with Crippen LogP contribution >= 0.6 is 0 Å². The van der Waals surface area contributed by atoms with Crippen molar-refractivity contribution >= 4 is 11.9 Å². The summed E-state index contributed by atoms with van der Waals surface area (Å²) in [7, 11) is 0. The molecular formula is C40H72O11. The van der Waals surface area contributed by atoms with E-state index in [9.17, 15) is 9.59 Å². The molecule has 3 saturated heterocycles. The maximum absolute atomic E-state index is 12.8. The van der Waals surface area contributed by atoms with Crippen molar-refractivity contribution in [1.82, 2.24) is 0 Å². The highest BCUT2D eigenvalue weighted by atomic mass is 16.8. The lowest BCUT2D eigenvalue weighted by Crippen LogP contribution is -2.40. The fraction of sp³-hybridized carbons (Fsp3) is 0.950. The van der Waals surface area contributed by atoms with E-state index in [0.717, 1.165) is 19.3 Å². The van der Waals surface area contributed by atoms with E-state index >= 15 is 0 Å². The first-order valence-electron chi connectivity index (χ1n) is 20.4. The quantitative estimate of drug-likeness (QED) is 0.0441. The van der Waals surface area contributed by atoms with Crippen LogP contribution in [0.5, 0.6) is 0 Å². The van der Waals surface area contributed by atoms with Gasteiger partial charge in [-0.3, -0.25) is 9.59 Å². The van der Waals surface area contributed by atoms with Gasteiger partial charge < -0.3 is 42.6 Å². The molecule has 11 nitrogen and oxygen atoms in total. The van der Waals surface area contributed by atoms with Gasteiger partial charge in [0.05, 0.1) is 32.5 Å². The minimum atomic E-state index is -1.12. The van der Waals surface area contributed by atoms with E-state index in [1.165, 1.54) is 83.5 Å². The topological polar surface area (TPSA) is 117 Å². The third-order valence-electron chi connectivity index (χ3n) is 9.88. The predicted octanol–water partition coefficient (Wildman–Crippen LogP) is 8.18. The van der Waals surface area contributed by atoms with Crippen LogP contribution in [0.15, 0.2) is 0 Å². The van der Waals surface area contributed by atoms with E-state index in [2.05, 4.69) is 6.92 Å². The van der Waals surface area contributed by atoms with Gasteiger partial charge >= 0.3 is 11.9 Å². The Kier molecular flexibility index (Phi) is 20.3. The molecular weight excluding hydrogens is 656 g/mol. The number of hydrogen-bond acceptors (Lipinski definition) is 11. The lowest BCUT2D eigenvalue weighted by molar-refractivity contribution is -0.252. The highest BCUT2D eigenvalue weighted by Gasteiger charge is 2.59. The van der Waals surface area contributed by atoms with Gasteiger partial charge in [0.2, 0.25) is 0 Å². The SMILES string of the molecule is CCCCCCCCCCCCCCCCCCO[C@@H](CO[C@@H]1O[C@H]([C@H]2COC(C)(C)O2)[C@@H]2OC(C)(C)O[C@H]12)CC(C(=O)OCC)C(=O)OCC. The third kappa shape index (κ3) is 15.9. The number of esters is 2. The van der Waals surface area contributed by atoms with Crippen molar-refractivity contribution in [2.75, 3.05) is 33.0 Å². The van der Waals surface area contributed by atoms with Crippen LogP contribution in [0.25, 0.3) is 0 Å². The lowest BCUT2D eigenvalue weighted by Gasteiger charge is -2.28. The predicted molar refractivity (Wildman–Crippen MR) is 194 cm³/mol. The monoisotopic (exact) mass is 729 g/mol. The molecule has 0 aromatic rings.